The first-order valence-corrected chi connectivity index (χ1v) is 13.3. The summed E-state index contributed by atoms with van der Waals surface area (Å²) in [6, 6.07) is 9.74. The van der Waals surface area contributed by atoms with Gasteiger partial charge < -0.3 is 9.30 Å². The fraction of sp³-hybridized carbons (Fsp3) is 0.455. The van der Waals surface area contributed by atoms with Crippen LogP contribution in [0, 0.1) is 13.8 Å². The Morgan fingerprint density at radius 1 is 1.18 bits per heavy atom. The minimum atomic E-state index is -3.55. The average Bonchev–Trinajstić information content (AvgIpc) is 3.57. The van der Waals surface area contributed by atoms with E-state index in [9.17, 15) is 8.42 Å². The summed E-state index contributed by atoms with van der Waals surface area (Å²) in [5.74, 6) is 0.758. The molecule has 2 fully saturated rings. The van der Waals surface area contributed by atoms with Gasteiger partial charge in [0.1, 0.15) is 0 Å². The van der Waals surface area contributed by atoms with Gasteiger partial charge in [0.05, 0.1) is 29.9 Å². The normalized spacial score (nSPS) is 20.8. The number of nitrogens with zero attached hydrogens (tertiary/aromatic N) is 4. The van der Waals surface area contributed by atoms with E-state index in [2.05, 4.69) is 26.2 Å². The molecule has 1 aromatic heterocycles. The zero-order valence-corrected chi connectivity index (χ0v) is 21.1. The van der Waals surface area contributed by atoms with Gasteiger partial charge in [-0.2, -0.15) is 9.41 Å². The molecule has 1 aromatic carbocycles. The first-order valence-electron chi connectivity index (χ1n) is 10.8. The van der Waals surface area contributed by atoms with Crippen LogP contribution in [0.1, 0.15) is 29.8 Å². The number of aliphatic imine (C=N–C) groups is 1. The summed E-state index contributed by atoms with van der Waals surface area (Å²) in [5, 5.41) is 5.47. The molecule has 0 unspecified atom stereocenters. The molecule has 1 N–H and O–H groups in total. The quantitative estimate of drug-likeness (QED) is 0.669. The molecule has 1 saturated heterocycles. The Balaban J connectivity index is 0.00000259. The van der Waals surface area contributed by atoms with Crippen molar-refractivity contribution in [1.29, 1.82) is 0 Å². The minimum Gasteiger partial charge on any atom is -0.379 e. The van der Waals surface area contributed by atoms with Crippen molar-refractivity contribution < 1.29 is 13.2 Å². The number of amidine groups is 1. The lowest BCUT2D eigenvalue weighted by molar-refractivity contribution is 0.0730. The molecule has 11 heteroatoms. The summed E-state index contributed by atoms with van der Waals surface area (Å²) >= 11 is 1.68. The Morgan fingerprint density at radius 3 is 2.61 bits per heavy atom. The summed E-state index contributed by atoms with van der Waals surface area (Å²) in [7, 11) is -3.55. The van der Waals surface area contributed by atoms with E-state index in [1.165, 1.54) is 17.1 Å². The molecule has 1 saturated carbocycles. The molecule has 0 atom stereocenters. The lowest BCUT2D eigenvalue weighted by Crippen LogP contribution is -2.40. The maximum absolute atomic E-state index is 13.1. The van der Waals surface area contributed by atoms with Crippen LogP contribution >= 0.6 is 24.2 Å². The molecule has 8 nitrogen and oxygen atoms in total. The number of morpholine rings is 1. The number of hydrogen-bond donors (Lipinski definition) is 1. The SMILES string of the molecule is Cc1cc(C2=NNC(=NC3CC3)SC2)c(C)n1-c1cccc(S(=O)(=O)N2CCOCC2)c1.Cl. The van der Waals surface area contributed by atoms with Gasteiger partial charge in [0.25, 0.3) is 0 Å². The molecular weight excluding hydrogens is 482 g/mol. The third kappa shape index (κ3) is 5.00. The number of ether oxygens (including phenoxy) is 1. The highest BCUT2D eigenvalue weighted by Crippen LogP contribution is 2.28. The van der Waals surface area contributed by atoms with Crippen LogP contribution in [0.4, 0.5) is 0 Å². The third-order valence-corrected chi connectivity index (χ3v) is 8.69. The highest BCUT2D eigenvalue weighted by molar-refractivity contribution is 8.14. The van der Waals surface area contributed by atoms with E-state index in [-0.39, 0.29) is 12.4 Å². The van der Waals surface area contributed by atoms with Crippen LogP contribution in [-0.4, -0.2) is 66.3 Å². The van der Waals surface area contributed by atoms with Crippen LogP contribution in [0.25, 0.3) is 5.69 Å². The number of rotatable bonds is 5. The summed E-state index contributed by atoms with van der Waals surface area (Å²) in [4.78, 5) is 4.93. The van der Waals surface area contributed by atoms with Crippen molar-refractivity contribution in [3.63, 3.8) is 0 Å². The van der Waals surface area contributed by atoms with Crippen LogP contribution in [0.15, 0.2) is 45.3 Å². The van der Waals surface area contributed by atoms with E-state index in [1.54, 1.807) is 30.0 Å². The molecule has 1 aliphatic carbocycles. The second-order valence-electron chi connectivity index (χ2n) is 8.26. The maximum Gasteiger partial charge on any atom is 0.243 e. The van der Waals surface area contributed by atoms with Gasteiger partial charge in [-0.1, -0.05) is 17.8 Å². The summed E-state index contributed by atoms with van der Waals surface area (Å²) in [5.41, 5.74) is 8.03. The summed E-state index contributed by atoms with van der Waals surface area (Å²) in [6.45, 7) is 5.71. The highest BCUT2D eigenvalue weighted by atomic mass is 35.5. The summed E-state index contributed by atoms with van der Waals surface area (Å²) in [6.07, 6.45) is 2.34. The molecule has 3 heterocycles. The number of hydrazone groups is 1. The van der Waals surface area contributed by atoms with Gasteiger partial charge in [0.15, 0.2) is 5.17 Å². The molecule has 2 aliphatic heterocycles. The molecular formula is C22H28ClN5O3S2. The van der Waals surface area contributed by atoms with Crippen molar-refractivity contribution >= 4 is 45.1 Å². The van der Waals surface area contributed by atoms with E-state index in [4.69, 9.17) is 4.74 Å². The van der Waals surface area contributed by atoms with Crippen molar-refractivity contribution in [2.24, 2.45) is 10.1 Å². The van der Waals surface area contributed by atoms with E-state index in [0.717, 1.165) is 39.3 Å². The standard InChI is InChI=1S/C22H27N5O3S2.ClH/c1-15-12-20(21-14-31-22(25-24-21)23-17-6-7-17)16(2)27(15)18-4-3-5-19(13-18)32(28,29)26-8-10-30-11-9-26;/h3-5,12-13,17H,6-11,14H2,1-2H3,(H,23,25);1H. The Kier molecular flexibility index (Phi) is 7.20. The van der Waals surface area contributed by atoms with Crippen LogP contribution in [0.3, 0.4) is 0 Å². The number of thioether (sulfide) groups is 1. The highest BCUT2D eigenvalue weighted by Gasteiger charge is 2.27. The second kappa shape index (κ2) is 9.79. The van der Waals surface area contributed by atoms with Crippen molar-refractivity contribution in [2.45, 2.75) is 37.6 Å². The Bertz CT molecular complexity index is 1200. The predicted octanol–water partition coefficient (Wildman–Crippen LogP) is 3.10. The number of sulfonamides is 1. The number of hydrogen-bond acceptors (Lipinski definition) is 6. The largest absolute Gasteiger partial charge is 0.379 e. The van der Waals surface area contributed by atoms with Gasteiger partial charge in [-0.3, -0.25) is 10.4 Å². The number of benzene rings is 1. The van der Waals surface area contributed by atoms with Crippen LogP contribution < -0.4 is 5.43 Å². The molecule has 0 bridgehead atoms. The van der Waals surface area contributed by atoms with E-state index >= 15 is 0 Å². The van der Waals surface area contributed by atoms with Gasteiger partial charge in [-0.15, -0.1) is 12.4 Å². The van der Waals surface area contributed by atoms with Crippen molar-refractivity contribution in [3.05, 3.63) is 47.3 Å². The predicted molar refractivity (Wildman–Crippen MR) is 135 cm³/mol. The van der Waals surface area contributed by atoms with Gasteiger partial charge in [0, 0.05) is 41.5 Å². The number of halogens is 1. The van der Waals surface area contributed by atoms with Crippen LogP contribution in [-0.2, 0) is 14.8 Å². The molecule has 3 aliphatic rings. The smallest absolute Gasteiger partial charge is 0.243 e. The molecule has 2 aromatic rings. The third-order valence-electron chi connectivity index (χ3n) is 5.90. The van der Waals surface area contributed by atoms with Crippen LogP contribution in [0.5, 0.6) is 0 Å². The van der Waals surface area contributed by atoms with Crippen molar-refractivity contribution in [2.75, 3.05) is 32.1 Å². The monoisotopic (exact) mass is 509 g/mol. The topological polar surface area (TPSA) is 88.3 Å². The average molecular weight is 510 g/mol. The molecule has 0 amide bonds. The van der Waals surface area contributed by atoms with E-state index < -0.39 is 10.0 Å². The van der Waals surface area contributed by atoms with Gasteiger partial charge in [-0.25, -0.2) is 8.42 Å². The molecule has 0 spiro atoms. The fourth-order valence-electron chi connectivity index (χ4n) is 4.06. The first-order chi connectivity index (χ1) is 15.4. The number of nitrogens with one attached hydrogen (secondary N) is 1. The molecule has 178 valence electrons. The Labute approximate surface area is 204 Å². The molecule has 33 heavy (non-hydrogen) atoms. The zero-order valence-electron chi connectivity index (χ0n) is 18.7. The minimum absolute atomic E-state index is 0. The molecule has 0 radical (unpaired) electrons. The summed E-state index contributed by atoms with van der Waals surface area (Å²) < 4.78 is 35.1. The Morgan fingerprint density at radius 2 is 1.94 bits per heavy atom. The Hall–Kier alpha value is -1.85. The van der Waals surface area contributed by atoms with Gasteiger partial charge in [-0.05, 0) is 51.0 Å². The molecule has 5 rings (SSSR count). The zero-order chi connectivity index (χ0) is 22.3. The van der Waals surface area contributed by atoms with Crippen LogP contribution in [0.2, 0.25) is 0 Å². The second-order valence-corrected chi connectivity index (χ2v) is 11.2. The lowest BCUT2D eigenvalue weighted by Gasteiger charge is -2.26. The fourth-order valence-corrected chi connectivity index (χ4v) is 6.34. The van der Waals surface area contributed by atoms with Crippen molar-refractivity contribution in [1.82, 2.24) is 14.3 Å². The van der Waals surface area contributed by atoms with Gasteiger partial charge >= 0.3 is 0 Å². The van der Waals surface area contributed by atoms with Crippen molar-refractivity contribution in [3.8, 4) is 5.69 Å². The van der Waals surface area contributed by atoms with Gasteiger partial charge in [0.2, 0.25) is 10.0 Å². The maximum atomic E-state index is 13.1. The first kappa shape index (κ1) is 24.3. The lowest BCUT2D eigenvalue weighted by atomic mass is 10.1. The van der Waals surface area contributed by atoms with E-state index in [1.807, 2.05) is 19.9 Å². The number of aromatic nitrogens is 1. The van der Waals surface area contributed by atoms with E-state index in [0.29, 0.717) is 37.2 Å². The number of aryl methyl sites for hydroxylation is 1.